The molecular formula is C56H68N2O18. The number of methoxy groups -OCH3 is 1. The molecule has 5 N–H and O–H groups in total. The SMILES string of the molecule is COC(=O)/C(C)=C\CC12OC(C)(C)C3CC(C1=O)C(C[N+](=O)[O-])C1C(=O)c4c(OC(=O)C(C)NC(=O)c5ccc(O[C@@H]6O[C@H](CO)[C@@H](O)[C@@H](O)[C@H]6O)cc5)c5c(c(CC=C(C)C)c4OC132)OC(C)(CCC=C(C)C)C=C5. The van der Waals surface area contributed by atoms with Gasteiger partial charge in [-0.25, -0.2) is 9.59 Å². The fourth-order valence-corrected chi connectivity index (χ4v) is 12.1. The van der Waals surface area contributed by atoms with Crippen molar-refractivity contribution in [3.8, 4) is 23.0 Å². The first kappa shape index (κ1) is 55.9. The number of amides is 1. The molecule has 1 spiro atoms. The molecule has 3 saturated carbocycles. The molecule has 410 valence electrons. The number of aliphatic hydroxyl groups is 4. The van der Waals surface area contributed by atoms with Gasteiger partial charge in [0.15, 0.2) is 28.5 Å². The summed E-state index contributed by atoms with van der Waals surface area (Å²) in [6.07, 6.45) is 2.53. The number of allylic oxidation sites excluding steroid dienone is 4. The Morgan fingerprint density at radius 1 is 0.947 bits per heavy atom. The predicted octanol–water partition coefficient (Wildman–Crippen LogP) is 5.11. The summed E-state index contributed by atoms with van der Waals surface area (Å²) >= 11 is 0. The van der Waals surface area contributed by atoms with E-state index in [9.17, 15) is 44.9 Å². The van der Waals surface area contributed by atoms with Gasteiger partial charge in [0.05, 0.1) is 30.8 Å². The largest absolute Gasteiger partial charge is 0.482 e. The number of carbonyl (C=O) groups excluding carboxylic acids is 5. The fourth-order valence-electron chi connectivity index (χ4n) is 12.1. The van der Waals surface area contributed by atoms with Crippen LogP contribution in [0, 0.1) is 33.8 Å². The van der Waals surface area contributed by atoms with Gasteiger partial charge in [0, 0.05) is 45.8 Å². The quantitative estimate of drug-likeness (QED) is 0.0344. The van der Waals surface area contributed by atoms with Gasteiger partial charge in [0.1, 0.15) is 58.9 Å². The number of carbonyl (C=O) groups is 5. The Balaban J connectivity index is 1.23. The number of hydrogen-bond donors (Lipinski definition) is 5. The van der Waals surface area contributed by atoms with Crippen LogP contribution in [0.15, 0.2) is 65.3 Å². The Kier molecular flexibility index (Phi) is 15.4. The van der Waals surface area contributed by atoms with E-state index >= 15 is 9.59 Å². The van der Waals surface area contributed by atoms with Crippen molar-refractivity contribution in [1.29, 1.82) is 0 Å². The molecule has 20 heteroatoms. The smallest absolute Gasteiger partial charge is 0.333 e. The molecule has 0 aromatic heterocycles. The van der Waals surface area contributed by atoms with E-state index in [2.05, 4.69) is 11.4 Å². The van der Waals surface area contributed by atoms with Crippen LogP contribution in [0.1, 0.15) is 120 Å². The number of benzene rings is 2. The van der Waals surface area contributed by atoms with Crippen LogP contribution >= 0.6 is 0 Å². The van der Waals surface area contributed by atoms with E-state index in [1.54, 1.807) is 19.9 Å². The minimum atomic E-state index is -1.94. The second-order valence-electron chi connectivity index (χ2n) is 22.1. The molecule has 2 aromatic carbocycles. The zero-order chi connectivity index (χ0) is 55.6. The molecule has 1 amide bonds. The van der Waals surface area contributed by atoms with Crippen molar-refractivity contribution in [2.75, 3.05) is 20.3 Å². The third kappa shape index (κ3) is 9.65. The Labute approximate surface area is 440 Å². The van der Waals surface area contributed by atoms with E-state index in [0.29, 0.717) is 18.4 Å². The molecule has 4 heterocycles. The lowest BCUT2D eigenvalue weighted by Gasteiger charge is -2.62. The number of ketones is 2. The maximum absolute atomic E-state index is 16.2. The summed E-state index contributed by atoms with van der Waals surface area (Å²) < 4.78 is 43.8. The Hall–Kier alpha value is -6.29. The van der Waals surface area contributed by atoms with Gasteiger partial charge < -0.3 is 58.9 Å². The predicted molar refractivity (Wildman–Crippen MR) is 271 cm³/mol. The average molecular weight is 1060 g/mol. The first-order valence-electron chi connectivity index (χ1n) is 25.6. The maximum atomic E-state index is 16.2. The number of ether oxygens (including phenoxy) is 7. The molecule has 8 unspecified atom stereocenters. The van der Waals surface area contributed by atoms with Crippen LogP contribution < -0.4 is 24.3 Å². The van der Waals surface area contributed by atoms with E-state index in [1.807, 2.05) is 46.8 Å². The van der Waals surface area contributed by atoms with E-state index in [0.717, 1.165) is 11.1 Å². The van der Waals surface area contributed by atoms with E-state index in [-0.39, 0.29) is 64.5 Å². The number of nitro groups is 1. The van der Waals surface area contributed by atoms with Crippen LogP contribution in [-0.2, 0) is 35.0 Å². The third-order valence-electron chi connectivity index (χ3n) is 15.9. The number of hydrogen-bond acceptors (Lipinski definition) is 18. The minimum Gasteiger partial charge on any atom is -0.482 e. The average Bonchev–Trinajstić information content (AvgIpc) is 3.74. The van der Waals surface area contributed by atoms with Gasteiger partial charge >= 0.3 is 11.9 Å². The number of Topliss-reactive ketones (excluding diaryl/α,β-unsaturated/α-hetero) is 2. The van der Waals surface area contributed by atoms with Gasteiger partial charge in [0.2, 0.25) is 12.8 Å². The highest BCUT2D eigenvalue weighted by molar-refractivity contribution is 6.11. The molecule has 4 bridgehead atoms. The fraction of sp³-hybridized carbons (Fsp3) is 0.554. The van der Waals surface area contributed by atoms with Crippen LogP contribution in [0.2, 0.25) is 0 Å². The Morgan fingerprint density at radius 2 is 1.63 bits per heavy atom. The summed E-state index contributed by atoms with van der Waals surface area (Å²) in [4.78, 5) is 84.7. The highest BCUT2D eigenvalue weighted by Crippen LogP contribution is 2.72. The molecule has 4 aliphatic heterocycles. The summed E-state index contributed by atoms with van der Waals surface area (Å²) in [7, 11) is 1.22. The molecule has 13 atom stereocenters. The van der Waals surface area contributed by atoms with E-state index < -0.39 is 130 Å². The highest BCUT2D eigenvalue weighted by Gasteiger charge is 2.86. The summed E-state index contributed by atoms with van der Waals surface area (Å²) in [5.41, 5.74) is -3.29. The Morgan fingerprint density at radius 3 is 2.26 bits per heavy atom. The van der Waals surface area contributed by atoms with Gasteiger partial charge in [0.25, 0.3) is 5.91 Å². The lowest BCUT2D eigenvalue weighted by Crippen LogP contribution is -2.79. The second kappa shape index (κ2) is 20.9. The standard InChI is InChI=1S/C56H68N2O18/c1-27(2)12-11-21-54(9)22-20-34-45(74-54)33(18-13-28(3)4)47-39(46(34)73-51(67)30(6)57-49(65)31-14-16-32(17-15-31)71-52-44(63)43(62)41(60)37(26-59)72-52)42(61)40-36(25-58(68)69)35-24-38-53(7,8)76-55(48(35)64,56(38,40)75-47)23-19-29(5)50(66)70-10/h12-17,19-20,22,30,35-38,40-41,43-44,52,59-60,62-63H,11,18,21,23-26H2,1-10H3,(H,57,65)/b29-19-/t30?,35?,36?,37-,38?,40?,41-,43-,44-,52-,54?,55?,56?/m1/s1. The molecular weight excluding hydrogens is 989 g/mol. The topological polar surface area (TPSA) is 286 Å². The number of nitrogens with zero attached hydrogens (tertiary/aromatic N) is 1. The molecule has 2 saturated heterocycles. The van der Waals surface area contributed by atoms with Crippen molar-refractivity contribution >= 4 is 35.5 Å². The summed E-state index contributed by atoms with van der Waals surface area (Å²) in [6.45, 7) is 14.7. The lowest BCUT2D eigenvalue weighted by atomic mass is 9.43. The number of esters is 2. The van der Waals surface area contributed by atoms with Crippen LogP contribution in [0.5, 0.6) is 23.0 Å². The first-order chi connectivity index (χ1) is 35.7. The van der Waals surface area contributed by atoms with Crippen molar-refractivity contribution in [2.24, 2.45) is 23.7 Å². The van der Waals surface area contributed by atoms with Crippen LogP contribution in [0.4, 0.5) is 0 Å². The molecule has 5 fully saturated rings. The van der Waals surface area contributed by atoms with Crippen LogP contribution in [-0.4, -0.2) is 134 Å². The first-order valence-corrected chi connectivity index (χ1v) is 25.6. The van der Waals surface area contributed by atoms with E-state index in [1.165, 1.54) is 51.3 Å². The summed E-state index contributed by atoms with van der Waals surface area (Å²) in [5, 5.41) is 55.6. The number of nitrogens with one attached hydrogen (secondary N) is 1. The lowest BCUT2D eigenvalue weighted by molar-refractivity contribution is -0.494. The highest BCUT2D eigenvalue weighted by atomic mass is 16.7. The number of aliphatic hydroxyl groups excluding tert-OH is 4. The Bertz CT molecular complexity index is 2820. The van der Waals surface area contributed by atoms with Gasteiger partial charge in [-0.3, -0.25) is 24.5 Å². The molecule has 7 aliphatic rings. The van der Waals surface area contributed by atoms with Crippen LogP contribution in [0.3, 0.4) is 0 Å². The third-order valence-corrected chi connectivity index (χ3v) is 15.9. The van der Waals surface area contributed by atoms with Crippen LogP contribution in [0.25, 0.3) is 6.08 Å². The normalized spacial score (nSPS) is 31.8. The second-order valence-corrected chi connectivity index (χ2v) is 22.1. The van der Waals surface area contributed by atoms with Crippen molar-refractivity contribution in [3.63, 3.8) is 0 Å². The minimum absolute atomic E-state index is 0.0534. The summed E-state index contributed by atoms with van der Waals surface area (Å²) in [6, 6.07) is 4.06. The van der Waals surface area contributed by atoms with Crippen molar-refractivity contribution in [2.45, 2.75) is 154 Å². The van der Waals surface area contributed by atoms with E-state index in [4.69, 9.17) is 33.2 Å². The molecule has 3 aliphatic carbocycles. The maximum Gasteiger partial charge on any atom is 0.333 e. The zero-order valence-corrected chi connectivity index (χ0v) is 44.4. The molecule has 9 rings (SSSR count). The zero-order valence-electron chi connectivity index (χ0n) is 44.4. The van der Waals surface area contributed by atoms with Gasteiger partial charge in [-0.2, -0.15) is 0 Å². The number of rotatable bonds is 17. The molecule has 76 heavy (non-hydrogen) atoms. The van der Waals surface area contributed by atoms with Crippen molar-refractivity contribution in [3.05, 3.63) is 97.7 Å². The monoisotopic (exact) mass is 1060 g/mol. The number of fused-ring (bicyclic) bond motifs is 2. The summed E-state index contributed by atoms with van der Waals surface area (Å²) in [5.74, 6) is -7.89. The van der Waals surface area contributed by atoms with Gasteiger partial charge in [-0.15, -0.1) is 0 Å². The molecule has 0 radical (unpaired) electrons. The molecule has 20 nitrogen and oxygen atoms in total. The van der Waals surface area contributed by atoms with Gasteiger partial charge in [-0.1, -0.05) is 29.4 Å². The van der Waals surface area contributed by atoms with Crippen molar-refractivity contribution in [1.82, 2.24) is 5.32 Å². The molecule has 2 aromatic rings. The van der Waals surface area contributed by atoms with Crippen molar-refractivity contribution < 1.29 is 82.5 Å². The van der Waals surface area contributed by atoms with Gasteiger partial charge in [-0.05, 0) is 124 Å².